The molecule has 0 unspecified atom stereocenters. The molecule has 3 nitrogen and oxygen atoms in total. The van der Waals surface area contributed by atoms with Crippen molar-refractivity contribution in [1.29, 1.82) is 0 Å². The first-order valence-electron chi connectivity index (χ1n) is 7.53. The van der Waals surface area contributed by atoms with Crippen molar-refractivity contribution in [2.75, 3.05) is 5.75 Å². The Labute approximate surface area is 130 Å². The minimum Gasteiger partial charge on any atom is -0.462 e. The van der Waals surface area contributed by atoms with E-state index in [1.807, 2.05) is 38.1 Å². The molecule has 2 rings (SSSR count). The molecule has 0 aromatic heterocycles. The van der Waals surface area contributed by atoms with Gasteiger partial charge in [0.05, 0.1) is 5.75 Å². The minimum atomic E-state index is -0.144. The minimum absolute atomic E-state index is 0.00453. The van der Waals surface area contributed by atoms with Crippen molar-refractivity contribution in [3.63, 3.8) is 0 Å². The van der Waals surface area contributed by atoms with E-state index in [2.05, 4.69) is 0 Å². The molecule has 1 aromatic rings. The van der Waals surface area contributed by atoms with Gasteiger partial charge in [0.1, 0.15) is 6.10 Å². The van der Waals surface area contributed by atoms with Crippen LogP contribution in [0.3, 0.4) is 0 Å². The summed E-state index contributed by atoms with van der Waals surface area (Å²) in [5.74, 6) is 0.333. The van der Waals surface area contributed by atoms with Crippen molar-refractivity contribution in [3.8, 4) is 0 Å². The first-order valence-corrected chi connectivity index (χ1v) is 8.51. The average molecular weight is 306 g/mol. The number of rotatable bonds is 6. The molecule has 0 N–H and O–H groups in total. The summed E-state index contributed by atoms with van der Waals surface area (Å²) in [6.07, 6.45) is 4.46. The van der Waals surface area contributed by atoms with Crippen molar-refractivity contribution >= 4 is 23.5 Å². The maximum Gasteiger partial charge on any atom is 0.316 e. The normalized spacial score (nSPS) is 15.4. The molecule has 1 fully saturated rings. The zero-order chi connectivity index (χ0) is 15.2. The van der Waals surface area contributed by atoms with Gasteiger partial charge in [-0.3, -0.25) is 9.59 Å². The lowest BCUT2D eigenvalue weighted by Gasteiger charge is -2.11. The van der Waals surface area contributed by atoms with Crippen LogP contribution in [-0.2, 0) is 9.53 Å². The van der Waals surface area contributed by atoms with Gasteiger partial charge in [-0.05, 0) is 37.8 Å². The van der Waals surface area contributed by atoms with Crippen LogP contribution >= 0.6 is 11.8 Å². The zero-order valence-electron chi connectivity index (χ0n) is 12.6. The van der Waals surface area contributed by atoms with Gasteiger partial charge in [0.2, 0.25) is 0 Å². The molecular weight excluding hydrogens is 284 g/mol. The summed E-state index contributed by atoms with van der Waals surface area (Å²) in [6, 6.07) is 7.44. The lowest BCUT2D eigenvalue weighted by Crippen LogP contribution is -2.16. The van der Waals surface area contributed by atoms with Crippen LogP contribution in [-0.4, -0.2) is 23.6 Å². The van der Waals surface area contributed by atoms with E-state index in [0.717, 1.165) is 36.1 Å². The smallest absolute Gasteiger partial charge is 0.316 e. The highest BCUT2D eigenvalue weighted by Crippen LogP contribution is 2.23. The summed E-state index contributed by atoms with van der Waals surface area (Å²) in [7, 11) is 0. The maximum absolute atomic E-state index is 11.8. The third-order valence-electron chi connectivity index (χ3n) is 3.62. The molecule has 114 valence electrons. The molecule has 21 heavy (non-hydrogen) atoms. The molecule has 0 atom stereocenters. The highest BCUT2D eigenvalue weighted by atomic mass is 32.2. The molecule has 0 bridgehead atoms. The maximum atomic E-state index is 11.8. The number of ether oxygens (including phenoxy) is 1. The van der Waals surface area contributed by atoms with Gasteiger partial charge in [0, 0.05) is 16.4 Å². The summed E-state index contributed by atoms with van der Waals surface area (Å²) in [4.78, 5) is 24.6. The first-order chi connectivity index (χ1) is 10.1. The summed E-state index contributed by atoms with van der Waals surface area (Å²) in [5.41, 5.74) is 0.725. The quantitative estimate of drug-likeness (QED) is 0.451. The van der Waals surface area contributed by atoms with E-state index in [-0.39, 0.29) is 23.8 Å². The van der Waals surface area contributed by atoms with Gasteiger partial charge in [-0.15, -0.1) is 11.8 Å². The standard InChI is InChI=1S/C17H22O3S/c1-12(2)17(19)13-7-9-15(10-8-13)21-11-16(18)20-14-5-3-4-6-14/h7-10,12,14H,3-6,11H2,1-2H3. The third kappa shape index (κ3) is 4.88. The Morgan fingerprint density at radius 3 is 2.38 bits per heavy atom. The van der Waals surface area contributed by atoms with E-state index in [0.29, 0.717) is 5.75 Å². The Morgan fingerprint density at radius 1 is 1.19 bits per heavy atom. The number of Topliss-reactive ketones (excluding diaryl/α,β-unsaturated/α-hetero) is 1. The summed E-state index contributed by atoms with van der Waals surface area (Å²) in [6.45, 7) is 3.79. The Kier molecular flexibility index (Phi) is 5.85. The molecule has 0 spiro atoms. The van der Waals surface area contributed by atoms with Crippen molar-refractivity contribution < 1.29 is 14.3 Å². The number of thioether (sulfide) groups is 1. The van der Waals surface area contributed by atoms with Crippen molar-refractivity contribution in [2.45, 2.75) is 50.5 Å². The first kappa shape index (κ1) is 16.1. The fourth-order valence-electron chi connectivity index (χ4n) is 2.42. The van der Waals surface area contributed by atoms with Gasteiger partial charge in [-0.25, -0.2) is 0 Å². The number of esters is 1. The molecule has 1 aliphatic rings. The molecule has 1 aromatic carbocycles. The van der Waals surface area contributed by atoms with E-state index in [9.17, 15) is 9.59 Å². The number of carbonyl (C=O) groups excluding carboxylic acids is 2. The molecule has 0 amide bonds. The SMILES string of the molecule is CC(C)C(=O)c1ccc(SCC(=O)OC2CCCC2)cc1. The van der Waals surface area contributed by atoms with Gasteiger partial charge < -0.3 is 4.74 Å². The van der Waals surface area contributed by atoms with Gasteiger partial charge in [-0.2, -0.15) is 0 Å². The summed E-state index contributed by atoms with van der Waals surface area (Å²) >= 11 is 1.45. The number of benzene rings is 1. The van der Waals surface area contributed by atoms with E-state index in [4.69, 9.17) is 4.74 Å². The van der Waals surface area contributed by atoms with Crippen LogP contribution in [0.4, 0.5) is 0 Å². The van der Waals surface area contributed by atoms with Crippen LogP contribution < -0.4 is 0 Å². The van der Waals surface area contributed by atoms with Crippen LogP contribution in [0.2, 0.25) is 0 Å². The van der Waals surface area contributed by atoms with E-state index < -0.39 is 0 Å². The number of hydrogen-bond donors (Lipinski definition) is 0. The average Bonchev–Trinajstić information content (AvgIpc) is 2.97. The largest absolute Gasteiger partial charge is 0.462 e. The highest BCUT2D eigenvalue weighted by molar-refractivity contribution is 8.00. The predicted octanol–water partition coefficient (Wildman–Crippen LogP) is 4.10. The second kappa shape index (κ2) is 7.64. The third-order valence-corrected chi connectivity index (χ3v) is 4.61. The van der Waals surface area contributed by atoms with Crippen LogP contribution in [0.15, 0.2) is 29.2 Å². The topological polar surface area (TPSA) is 43.4 Å². The van der Waals surface area contributed by atoms with Crippen molar-refractivity contribution in [2.24, 2.45) is 5.92 Å². The van der Waals surface area contributed by atoms with Gasteiger partial charge in [0.15, 0.2) is 5.78 Å². The fourth-order valence-corrected chi connectivity index (χ4v) is 3.10. The molecular formula is C17H22O3S. The van der Waals surface area contributed by atoms with Crippen LogP contribution in [0.5, 0.6) is 0 Å². The molecule has 0 radical (unpaired) electrons. The van der Waals surface area contributed by atoms with E-state index in [1.54, 1.807) is 0 Å². The summed E-state index contributed by atoms with van der Waals surface area (Å²) in [5, 5.41) is 0. The van der Waals surface area contributed by atoms with Crippen LogP contribution in [0.1, 0.15) is 49.9 Å². The molecule has 0 saturated heterocycles. The van der Waals surface area contributed by atoms with Gasteiger partial charge >= 0.3 is 5.97 Å². The van der Waals surface area contributed by atoms with Crippen LogP contribution in [0, 0.1) is 5.92 Å². The Balaban J connectivity index is 1.80. The number of ketones is 1. The number of carbonyl (C=O) groups is 2. The van der Waals surface area contributed by atoms with Crippen LogP contribution in [0.25, 0.3) is 0 Å². The fraction of sp³-hybridized carbons (Fsp3) is 0.529. The van der Waals surface area contributed by atoms with Crippen molar-refractivity contribution in [1.82, 2.24) is 0 Å². The van der Waals surface area contributed by atoms with Gasteiger partial charge in [-0.1, -0.05) is 26.0 Å². The second-order valence-electron chi connectivity index (χ2n) is 5.73. The zero-order valence-corrected chi connectivity index (χ0v) is 13.4. The summed E-state index contributed by atoms with van der Waals surface area (Å²) < 4.78 is 5.41. The second-order valence-corrected chi connectivity index (χ2v) is 6.78. The van der Waals surface area contributed by atoms with E-state index in [1.165, 1.54) is 11.8 Å². The predicted molar refractivity (Wildman–Crippen MR) is 84.7 cm³/mol. The Bertz CT molecular complexity index is 487. The molecule has 0 heterocycles. The Hall–Kier alpha value is -1.29. The molecule has 0 aliphatic heterocycles. The van der Waals surface area contributed by atoms with E-state index >= 15 is 0 Å². The highest BCUT2D eigenvalue weighted by Gasteiger charge is 2.19. The van der Waals surface area contributed by atoms with Gasteiger partial charge in [0.25, 0.3) is 0 Å². The lowest BCUT2D eigenvalue weighted by molar-refractivity contribution is -0.145. The molecule has 4 heteroatoms. The van der Waals surface area contributed by atoms with Crippen molar-refractivity contribution in [3.05, 3.63) is 29.8 Å². The molecule has 1 saturated carbocycles. The monoisotopic (exact) mass is 306 g/mol. The lowest BCUT2D eigenvalue weighted by atomic mass is 10.0. The molecule has 1 aliphatic carbocycles. The Morgan fingerprint density at radius 2 is 1.81 bits per heavy atom. The number of hydrogen-bond acceptors (Lipinski definition) is 4.